The number of hydrogen-bond donors (Lipinski definition) is 1. The molecule has 0 saturated heterocycles. The van der Waals surface area contributed by atoms with Crippen LogP contribution in [0.3, 0.4) is 0 Å². The standard InChI is InChI=1S/C25H21N3/c26-25(17-27-15-19-9-11-21-5-1-3-7-23(21)13-19)18-28-16-20-10-12-22-6-2-4-8-24(22)14-20/h1-16,26H,17-18H2. The predicted octanol–water partition coefficient (Wildman–Crippen LogP) is 5.55. The SMILES string of the molecule is N=C(CN=Cc1ccc2ccccc2c1)CN=Cc1ccc2ccccc2c1. The van der Waals surface area contributed by atoms with Crippen molar-refractivity contribution in [2.45, 2.75) is 0 Å². The van der Waals surface area contributed by atoms with Crippen LogP contribution in [-0.4, -0.2) is 31.2 Å². The first-order chi connectivity index (χ1) is 13.8. The highest BCUT2D eigenvalue weighted by molar-refractivity contribution is 5.94. The van der Waals surface area contributed by atoms with Crippen molar-refractivity contribution in [3.05, 3.63) is 96.1 Å². The van der Waals surface area contributed by atoms with Crippen molar-refractivity contribution in [3.8, 4) is 0 Å². The summed E-state index contributed by atoms with van der Waals surface area (Å²) >= 11 is 0. The van der Waals surface area contributed by atoms with E-state index >= 15 is 0 Å². The molecule has 0 aliphatic heterocycles. The van der Waals surface area contributed by atoms with Crippen LogP contribution < -0.4 is 0 Å². The van der Waals surface area contributed by atoms with E-state index in [4.69, 9.17) is 5.41 Å². The Hall–Kier alpha value is -3.59. The van der Waals surface area contributed by atoms with Gasteiger partial charge in [0.2, 0.25) is 0 Å². The van der Waals surface area contributed by atoms with Gasteiger partial charge in [-0.05, 0) is 44.8 Å². The van der Waals surface area contributed by atoms with E-state index in [9.17, 15) is 0 Å². The van der Waals surface area contributed by atoms with Gasteiger partial charge in [0.05, 0.1) is 18.8 Å². The Labute approximate surface area is 164 Å². The number of aliphatic imine (C=N–C) groups is 2. The van der Waals surface area contributed by atoms with Crippen LogP contribution >= 0.6 is 0 Å². The molecule has 3 heteroatoms. The van der Waals surface area contributed by atoms with Gasteiger partial charge in [-0.3, -0.25) is 9.98 Å². The van der Waals surface area contributed by atoms with Crippen LogP contribution in [0, 0.1) is 5.41 Å². The fourth-order valence-electron chi connectivity index (χ4n) is 3.15. The number of fused-ring (bicyclic) bond motifs is 2. The van der Waals surface area contributed by atoms with Crippen LogP contribution in [0.1, 0.15) is 11.1 Å². The zero-order valence-corrected chi connectivity index (χ0v) is 15.5. The van der Waals surface area contributed by atoms with E-state index in [2.05, 4.69) is 58.5 Å². The summed E-state index contributed by atoms with van der Waals surface area (Å²) in [7, 11) is 0. The van der Waals surface area contributed by atoms with Crippen molar-refractivity contribution in [2.75, 3.05) is 13.1 Å². The minimum Gasteiger partial charge on any atom is -0.306 e. The van der Waals surface area contributed by atoms with E-state index in [-0.39, 0.29) is 0 Å². The maximum atomic E-state index is 8.06. The van der Waals surface area contributed by atoms with Crippen molar-refractivity contribution in [3.63, 3.8) is 0 Å². The molecule has 1 N–H and O–H groups in total. The molecule has 0 aliphatic rings. The van der Waals surface area contributed by atoms with Gasteiger partial charge in [0.15, 0.2) is 0 Å². The summed E-state index contributed by atoms with van der Waals surface area (Å²) in [5, 5.41) is 12.9. The average molecular weight is 363 g/mol. The third-order valence-corrected chi connectivity index (χ3v) is 4.59. The minimum absolute atomic E-state index is 0.363. The molecule has 0 bridgehead atoms. The molecule has 0 aromatic heterocycles. The lowest BCUT2D eigenvalue weighted by Gasteiger charge is -2.00. The van der Waals surface area contributed by atoms with Gasteiger partial charge in [0.1, 0.15) is 0 Å². The van der Waals surface area contributed by atoms with Gasteiger partial charge in [-0.15, -0.1) is 0 Å². The number of rotatable bonds is 6. The first-order valence-electron chi connectivity index (χ1n) is 9.31. The molecule has 0 atom stereocenters. The normalized spacial score (nSPS) is 11.7. The number of nitrogens with zero attached hydrogens (tertiary/aromatic N) is 2. The lowest BCUT2D eigenvalue weighted by Crippen LogP contribution is -2.06. The average Bonchev–Trinajstić information content (AvgIpc) is 2.73. The molecule has 4 aromatic carbocycles. The Balaban J connectivity index is 1.33. The largest absolute Gasteiger partial charge is 0.306 e. The van der Waals surface area contributed by atoms with Crippen molar-refractivity contribution in [2.24, 2.45) is 9.98 Å². The van der Waals surface area contributed by atoms with Crippen LogP contribution in [0.2, 0.25) is 0 Å². The lowest BCUT2D eigenvalue weighted by molar-refractivity contribution is 1.17. The van der Waals surface area contributed by atoms with Crippen LogP contribution in [0.4, 0.5) is 0 Å². The highest BCUT2D eigenvalue weighted by Crippen LogP contribution is 2.15. The van der Waals surface area contributed by atoms with E-state index in [1.54, 1.807) is 0 Å². The maximum absolute atomic E-state index is 8.06. The zero-order valence-electron chi connectivity index (χ0n) is 15.5. The summed E-state index contributed by atoms with van der Waals surface area (Å²) in [6, 6.07) is 29.0. The summed E-state index contributed by atoms with van der Waals surface area (Å²) in [5.41, 5.74) is 2.59. The maximum Gasteiger partial charge on any atom is 0.0784 e. The summed E-state index contributed by atoms with van der Waals surface area (Å²) in [5.74, 6) is 0. The van der Waals surface area contributed by atoms with Gasteiger partial charge in [0, 0.05) is 12.4 Å². The fraction of sp³-hybridized carbons (Fsp3) is 0.0800. The third kappa shape index (κ3) is 4.38. The molecule has 136 valence electrons. The van der Waals surface area contributed by atoms with Crippen LogP contribution in [0.15, 0.2) is 94.9 Å². The van der Waals surface area contributed by atoms with Crippen LogP contribution in [0.25, 0.3) is 21.5 Å². The van der Waals surface area contributed by atoms with E-state index in [0.29, 0.717) is 18.8 Å². The van der Waals surface area contributed by atoms with Crippen molar-refractivity contribution >= 4 is 39.7 Å². The summed E-state index contributed by atoms with van der Waals surface area (Å²) < 4.78 is 0. The monoisotopic (exact) mass is 363 g/mol. The molecule has 3 nitrogen and oxygen atoms in total. The van der Waals surface area contributed by atoms with Gasteiger partial charge < -0.3 is 5.41 Å². The highest BCUT2D eigenvalue weighted by atomic mass is 14.8. The Morgan fingerprint density at radius 2 is 1.04 bits per heavy atom. The third-order valence-electron chi connectivity index (χ3n) is 4.59. The number of hydrogen-bond acceptors (Lipinski definition) is 3. The van der Waals surface area contributed by atoms with E-state index in [0.717, 1.165) is 11.1 Å². The second-order valence-electron chi connectivity index (χ2n) is 6.76. The first kappa shape index (κ1) is 17.8. The molecule has 0 unspecified atom stereocenters. The Kier molecular flexibility index (Phi) is 5.34. The van der Waals surface area contributed by atoms with Crippen LogP contribution in [-0.2, 0) is 0 Å². The Morgan fingerprint density at radius 3 is 1.50 bits per heavy atom. The van der Waals surface area contributed by atoms with Gasteiger partial charge in [0.25, 0.3) is 0 Å². The quantitative estimate of drug-likeness (QED) is 0.437. The molecule has 4 rings (SSSR count). The summed E-state index contributed by atoms with van der Waals surface area (Å²) in [6.45, 7) is 0.726. The van der Waals surface area contributed by atoms with E-state index in [1.165, 1.54) is 21.5 Å². The van der Waals surface area contributed by atoms with Crippen molar-refractivity contribution in [1.82, 2.24) is 0 Å². The topological polar surface area (TPSA) is 48.6 Å². The highest BCUT2D eigenvalue weighted by Gasteiger charge is 1.96. The molecule has 0 spiro atoms. The molecule has 0 aliphatic carbocycles. The fourth-order valence-corrected chi connectivity index (χ4v) is 3.15. The molecule has 4 aromatic rings. The number of nitrogens with one attached hydrogen (secondary N) is 1. The van der Waals surface area contributed by atoms with Gasteiger partial charge in [-0.2, -0.15) is 0 Å². The molecule has 0 radical (unpaired) electrons. The molecule has 0 fully saturated rings. The minimum atomic E-state index is 0.363. The van der Waals surface area contributed by atoms with Gasteiger partial charge in [-0.25, -0.2) is 0 Å². The molecular weight excluding hydrogens is 342 g/mol. The predicted molar refractivity (Wildman–Crippen MR) is 121 cm³/mol. The lowest BCUT2D eigenvalue weighted by atomic mass is 10.1. The second-order valence-corrected chi connectivity index (χ2v) is 6.76. The molecule has 0 saturated carbocycles. The zero-order chi connectivity index (χ0) is 19.2. The van der Waals surface area contributed by atoms with E-state index < -0.39 is 0 Å². The smallest absolute Gasteiger partial charge is 0.0784 e. The van der Waals surface area contributed by atoms with Crippen molar-refractivity contribution in [1.29, 1.82) is 5.41 Å². The summed E-state index contributed by atoms with van der Waals surface area (Å²) in [4.78, 5) is 8.78. The summed E-state index contributed by atoms with van der Waals surface area (Å²) in [6.07, 6.45) is 3.65. The first-order valence-corrected chi connectivity index (χ1v) is 9.31. The van der Waals surface area contributed by atoms with E-state index in [1.807, 2.05) is 48.8 Å². The van der Waals surface area contributed by atoms with Crippen LogP contribution in [0.5, 0.6) is 0 Å². The molecular formula is C25H21N3. The molecule has 28 heavy (non-hydrogen) atoms. The molecule has 0 amide bonds. The Morgan fingerprint density at radius 1 is 0.607 bits per heavy atom. The molecule has 0 heterocycles. The van der Waals surface area contributed by atoms with Gasteiger partial charge >= 0.3 is 0 Å². The van der Waals surface area contributed by atoms with Crippen molar-refractivity contribution < 1.29 is 0 Å². The Bertz CT molecular complexity index is 1100. The van der Waals surface area contributed by atoms with Gasteiger partial charge in [-0.1, -0.05) is 72.8 Å². The number of benzene rings is 4. The second kappa shape index (κ2) is 8.40.